The summed E-state index contributed by atoms with van der Waals surface area (Å²) in [6.45, 7) is 12.1. The number of rotatable bonds is 15. The lowest BCUT2D eigenvalue weighted by molar-refractivity contribution is 0.0597. The van der Waals surface area contributed by atoms with Crippen molar-refractivity contribution < 1.29 is 18.4 Å². The Morgan fingerprint density at radius 1 is 0.913 bits per heavy atom. The molecule has 0 aliphatic rings. The predicted molar refractivity (Wildman–Crippen MR) is 105 cm³/mol. The van der Waals surface area contributed by atoms with Gasteiger partial charge in [0.2, 0.25) is 0 Å². The van der Waals surface area contributed by atoms with Crippen LogP contribution < -0.4 is 0 Å². The molecule has 0 aromatic carbocycles. The molecule has 1 unspecified atom stereocenters. The van der Waals surface area contributed by atoms with Gasteiger partial charge in [0.25, 0.3) is 0 Å². The minimum atomic E-state index is -2.76. The molecule has 0 radical (unpaired) electrons. The molecule has 0 aliphatic carbocycles. The van der Waals surface area contributed by atoms with Crippen LogP contribution in [0.25, 0.3) is 0 Å². The van der Waals surface area contributed by atoms with Crippen LogP contribution in [-0.4, -0.2) is 44.5 Å². The number of unbranched alkanes of at least 4 members (excludes halogenated alkanes) is 2. The van der Waals surface area contributed by atoms with E-state index in [-0.39, 0.29) is 5.54 Å². The maximum absolute atomic E-state index is 10.3. The Labute approximate surface area is 148 Å². The normalized spacial score (nSPS) is 14.6. The average Bonchev–Trinajstić information content (AvgIpc) is 2.52. The van der Waals surface area contributed by atoms with Gasteiger partial charge in [0, 0.05) is 31.8 Å². The number of hydrogen-bond acceptors (Lipinski definition) is 3. The summed E-state index contributed by atoms with van der Waals surface area (Å²) in [5, 5.41) is 10.9. The van der Waals surface area contributed by atoms with E-state index in [2.05, 4.69) is 13.8 Å². The minimum Gasteiger partial charge on any atom is -0.374 e. The molecule has 0 spiro atoms. The first-order valence-corrected chi connectivity index (χ1v) is 12.1. The van der Waals surface area contributed by atoms with Crippen LogP contribution in [0.3, 0.4) is 0 Å². The molecule has 0 fully saturated rings. The van der Waals surface area contributed by atoms with E-state index in [1.165, 1.54) is 12.8 Å². The van der Waals surface area contributed by atoms with Crippen LogP contribution >= 0.6 is 11.4 Å². The maximum atomic E-state index is 10.3. The summed E-state index contributed by atoms with van der Waals surface area (Å²) in [5.74, 6) is 1.000. The van der Waals surface area contributed by atoms with E-state index in [0.29, 0.717) is 31.3 Å². The van der Waals surface area contributed by atoms with E-state index in [9.17, 15) is 5.11 Å². The van der Waals surface area contributed by atoms with Crippen LogP contribution in [-0.2, 0) is 13.3 Å². The Morgan fingerprint density at radius 2 is 1.48 bits per heavy atom. The van der Waals surface area contributed by atoms with Crippen LogP contribution in [0.4, 0.5) is 0 Å². The molecule has 0 amide bonds. The molecule has 0 aliphatic heterocycles. The standard InChI is InChI=1S/C17H38O4SSi/c1-6-11-12-13-16(15-17(18)22-14-7-2)23(19-8-3,20-9-4)21-10-5/h16,18,22H,6-15H2,1-5H3. The number of aliphatic hydroxyl groups excluding tert-OH is 1. The Hall–Kier alpha value is 0.277. The highest BCUT2D eigenvalue weighted by atomic mass is 32.1. The van der Waals surface area contributed by atoms with Gasteiger partial charge in [-0.25, -0.2) is 0 Å². The number of hydrogen-bond donors (Lipinski definition) is 2. The first-order valence-electron chi connectivity index (χ1n) is 9.24. The second-order valence-electron chi connectivity index (χ2n) is 5.60. The molecule has 4 nitrogen and oxygen atoms in total. The zero-order chi connectivity index (χ0) is 17.6. The topological polar surface area (TPSA) is 47.9 Å². The van der Waals surface area contributed by atoms with Gasteiger partial charge in [0.15, 0.2) is 0 Å². The van der Waals surface area contributed by atoms with E-state index >= 15 is 0 Å². The van der Waals surface area contributed by atoms with Crippen molar-refractivity contribution in [1.29, 1.82) is 0 Å². The van der Waals surface area contributed by atoms with Crippen molar-refractivity contribution in [3.05, 3.63) is 0 Å². The predicted octanol–water partition coefficient (Wildman–Crippen LogP) is 4.94. The molecular formula is C17H38O4SSi. The van der Waals surface area contributed by atoms with Crippen LogP contribution in [0, 0.1) is 0 Å². The Kier molecular flexibility index (Phi) is 14.8. The third kappa shape index (κ3) is 9.36. The third-order valence-electron chi connectivity index (χ3n) is 3.64. The van der Waals surface area contributed by atoms with Gasteiger partial charge < -0.3 is 18.4 Å². The van der Waals surface area contributed by atoms with E-state index in [4.69, 9.17) is 13.3 Å². The molecule has 1 atom stereocenters. The van der Waals surface area contributed by atoms with Gasteiger partial charge in [-0.3, -0.25) is 0 Å². The molecule has 0 heterocycles. The summed E-state index contributed by atoms with van der Waals surface area (Å²) >= 11 is 1.03. The summed E-state index contributed by atoms with van der Waals surface area (Å²) in [7, 11) is -2.76. The van der Waals surface area contributed by atoms with Crippen LogP contribution in [0.2, 0.25) is 5.54 Å². The molecule has 23 heavy (non-hydrogen) atoms. The highest BCUT2D eigenvalue weighted by molar-refractivity contribution is 7.98. The molecule has 0 aromatic heterocycles. The average molecular weight is 367 g/mol. The van der Waals surface area contributed by atoms with Gasteiger partial charge >= 0.3 is 8.80 Å². The largest absolute Gasteiger partial charge is 0.504 e. The smallest absolute Gasteiger partial charge is 0.374 e. The van der Waals surface area contributed by atoms with Gasteiger partial charge in [-0.15, -0.1) is 0 Å². The summed E-state index contributed by atoms with van der Waals surface area (Å²) in [6, 6.07) is 0. The summed E-state index contributed by atoms with van der Waals surface area (Å²) in [4.78, 5) is 0. The number of aliphatic hydroxyl groups is 1. The van der Waals surface area contributed by atoms with Crippen molar-refractivity contribution >= 4 is 25.2 Å². The second-order valence-corrected chi connectivity index (χ2v) is 9.77. The van der Waals surface area contributed by atoms with Crippen LogP contribution in [0.5, 0.6) is 0 Å². The number of thiol groups is 1. The SMILES string of the molecule is CCCCCC(CC(O)=[SH]CCC)[Si](OCC)(OCC)OCC. The van der Waals surface area contributed by atoms with Gasteiger partial charge in [-0.1, -0.05) is 33.1 Å². The lowest BCUT2D eigenvalue weighted by atomic mass is 10.1. The van der Waals surface area contributed by atoms with Gasteiger partial charge in [-0.05, 0) is 39.4 Å². The molecule has 6 heteroatoms. The third-order valence-corrected chi connectivity index (χ3v) is 8.42. The highest BCUT2D eigenvalue weighted by Gasteiger charge is 2.48. The molecule has 0 bridgehead atoms. The maximum Gasteiger partial charge on any atom is 0.504 e. The zero-order valence-electron chi connectivity index (χ0n) is 15.8. The molecule has 1 N–H and O–H groups in total. The lowest BCUT2D eigenvalue weighted by Crippen LogP contribution is -2.51. The molecular weight excluding hydrogens is 328 g/mol. The second kappa shape index (κ2) is 14.6. The van der Waals surface area contributed by atoms with E-state index in [1.807, 2.05) is 20.8 Å². The van der Waals surface area contributed by atoms with Crippen LogP contribution in [0.15, 0.2) is 0 Å². The Morgan fingerprint density at radius 3 is 1.91 bits per heavy atom. The van der Waals surface area contributed by atoms with Gasteiger partial charge in [0.05, 0.1) is 5.05 Å². The summed E-state index contributed by atoms with van der Waals surface area (Å²) < 4.78 is 18.2. The molecule has 0 rings (SSSR count). The van der Waals surface area contributed by atoms with Crippen molar-refractivity contribution in [2.45, 2.75) is 78.7 Å². The van der Waals surface area contributed by atoms with Crippen molar-refractivity contribution in [1.82, 2.24) is 0 Å². The molecule has 0 saturated carbocycles. The summed E-state index contributed by atoms with van der Waals surface area (Å²) in [5.41, 5.74) is 0.151. The van der Waals surface area contributed by atoms with Gasteiger partial charge in [-0.2, -0.15) is 11.4 Å². The Balaban J connectivity index is 5.24. The van der Waals surface area contributed by atoms with Crippen molar-refractivity contribution in [2.75, 3.05) is 25.6 Å². The lowest BCUT2D eigenvalue weighted by Gasteiger charge is -2.35. The van der Waals surface area contributed by atoms with Crippen molar-refractivity contribution in [2.24, 2.45) is 0 Å². The van der Waals surface area contributed by atoms with E-state index in [1.54, 1.807) is 0 Å². The highest BCUT2D eigenvalue weighted by Crippen LogP contribution is 2.35. The van der Waals surface area contributed by atoms with E-state index in [0.717, 1.165) is 36.4 Å². The Bertz CT molecular complexity index is 296. The summed E-state index contributed by atoms with van der Waals surface area (Å²) in [6.07, 6.45) is 6.21. The first kappa shape index (κ1) is 23.3. The molecule has 0 aromatic rings. The quantitative estimate of drug-likeness (QED) is 0.186. The molecule has 0 saturated heterocycles. The van der Waals surface area contributed by atoms with E-state index < -0.39 is 8.80 Å². The van der Waals surface area contributed by atoms with Crippen molar-refractivity contribution in [3.63, 3.8) is 0 Å². The minimum absolute atomic E-state index is 0.151. The fourth-order valence-electron chi connectivity index (χ4n) is 2.65. The fraction of sp³-hybridized carbons (Fsp3) is 0.941. The van der Waals surface area contributed by atoms with Crippen molar-refractivity contribution in [3.8, 4) is 0 Å². The fourth-order valence-corrected chi connectivity index (χ4v) is 6.82. The monoisotopic (exact) mass is 366 g/mol. The van der Waals surface area contributed by atoms with Gasteiger partial charge in [0.1, 0.15) is 0 Å². The molecule has 140 valence electrons. The zero-order valence-corrected chi connectivity index (χ0v) is 17.7. The first-order chi connectivity index (χ1) is 11.1. The van der Waals surface area contributed by atoms with Crippen LogP contribution in [0.1, 0.15) is 73.1 Å².